The number of benzene rings is 1. The van der Waals surface area contributed by atoms with Crippen LogP contribution in [0.4, 0.5) is 0 Å². The Kier molecular flexibility index (Phi) is 4.04. The van der Waals surface area contributed by atoms with Crippen molar-refractivity contribution in [2.45, 2.75) is 25.3 Å². The van der Waals surface area contributed by atoms with E-state index in [1.54, 1.807) is 18.4 Å². The minimum atomic E-state index is -0.321. The highest BCUT2D eigenvalue weighted by Gasteiger charge is 2.21. The Morgan fingerprint density at radius 1 is 1.28 bits per heavy atom. The molecule has 0 amide bonds. The molecule has 2 nitrogen and oxygen atoms in total. The van der Waals surface area contributed by atoms with Crippen molar-refractivity contribution in [1.29, 1.82) is 0 Å². The smallest absolute Gasteiger partial charge is 0.119 e. The molecule has 0 saturated heterocycles. The second-order valence-electron chi connectivity index (χ2n) is 4.73. The van der Waals surface area contributed by atoms with E-state index < -0.39 is 0 Å². The first-order valence-corrected chi connectivity index (χ1v) is 6.95. The van der Waals surface area contributed by atoms with Crippen molar-refractivity contribution in [2.24, 2.45) is 5.73 Å². The minimum Gasteiger partial charge on any atom is -0.497 e. The molecule has 0 fully saturated rings. The number of methoxy groups -OCH3 is 1. The van der Waals surface area contributed by atoms with E-state index in [9.17, 15) is 0 Å². The zero-order valence-electron chi connectivity index (χ0n) is 10.8. The van der Waals surface area contributed by atoms with Crippen molar-refractivity contribution in [3.63, 3.8) is 0 Å². The lowest BCUT2D eigenvalue weighted by molar-refractivity contribution is 0.408. The summed E-state index contributed by atoms with van der Waals surface area (Å²) in [6, 6.07) is 12.3. The largest absolute Gasteiger partial charge is 0.497 e. The second-order valence-corrected chi connectivity index (χ2v) is 5.76. The molecular formula is C15H19NOS. The monoisotopic (exact) mass is 261 g/mol. The van der Waals surface area contributed by atoms with Gasteiger partial charge in [-0.3, -0.25) is 0 Å². The predicted molar refractivity (Wildman–Crippen MR) is 77.2 cm³/mol. The molecule has 0 spiro atoms. The Morgan fingerprint density at radius 2 is 2.11 bits per heavy atom. The molecule has 3 heteroatoms. The van der Waals surface area contributed by atoms with E-state index in [1.165, 1.54) is 4.88 Å². The summed E-state index contributed by atoms with van der Waals surface area (Å²) in [5, 5.41) is 2.11. The van der Waals surface area contributed by atoms with Crippen LogP contribution in [0.5, 0.6) is 5.75 Å². The number of ether oxygens (including phenoxy) is 1. The third kappa shape index (κ3) is 3.12. The fourth-order valence-electron chi connectivity index (χ4n) is 1.96. The summed E-state index contributed by atoms with van der Waals surface area (Å²) < 4.78 is 5.25. The van der Waals surface area contributed by atoms with Crippen LogP contribution in [-0.2, 0) is 12.0 Å². The van der Waals surface area contributed by atoms with Gasteiger partial charge in [0.1, 0.15) is 5.75 Å². The van der Waals surface area contributed by atoms with Gasteiger partial charge in [-0.15, -0.1) is 11.3 Å². The van der Waals surface area contributed by atoms with Gasteiger partial charge in [0.15, 0.2) is 0 Å². The Morgan fingerprint density at radius 3 is 2.78 bits per heavy atom. The maximum absolute atomic E-state index is 6.43. The van der Waals surface area contributed by atoms with Gasteiger partial charge in [-0.1, -0.05) is 18.2 Å². The molecule has 1 atom stereocenters. The standard InChI is InChI=1S/C15H19NOS/c1-15(16,9-8-14-7-4-10-18-14)12-5-3-6-13(11-12)17-2/h3-7,10-11H,8-9,16H2,1-2H3. The molecule has 0 aliphatic heterocycles. The normalized spacial score (nSPS) is 14.2. The van der Waals surface area contributed by atoms with E-state index in [-0.39, 0.29) is 5.54 Å². The summed E-state index contributed by atoms with van der Waals surface area (Å²) >= 11 is 1.79. The van der Waals surface area contributed by atoms with Crippen molar-refractivity contribution >= 4 is 11.3 Å². The average molecular weight is 261 g/mol. The van der Waals surface area contributed by atoms with Crippen LogP contribution >= 0.6 is 11.3 Å². The highest BCUT2D eigenvalue weighted by Crippen LogP contribution is 2.27. The van der Waals surface area contributed by atoms with Crippen molar-refractivity contribution in [3.8, 4) is 5.75 Å². The predicted octanol–water partition coefficient (Wildman–Crippen LogP) is 3.56. The van der Waals surface area contributed by atoms with Crippen LogP contribution in [0.25, 0.3) is 0 Å². The van der Waals surface area contributed by atoms with Crippen LogP contribution in [0.2, 0.25) is 0 Å². The Hall–Kier alpha value is -1.32. The minimum absolute atomic E-state index is 0.321. The van der Waals surface area contributed by atoms with E-state index in [0.29, 0.717) is 0 Å². The van der Waals surface area contributed by atoms with Crippen molar-refractivity contribution in [3.05, 3.63) is 52.2 Å². The molecule has 1 aromatic heterocycles. The maximum Gasteiger partial charge on any atom is 0.119 e. The summed E-state index contributed by atoms with van der Waals surface area (Å²) in [4.78, 5) is 1.38. The Labute approximate surface area is 112 Å². The van der Waals surface area contributed by atoms with Gasteiger partial charge >= 0.3 is 0 Å². The third-order valence-electron chi connectivity index (χ3n) is 3.20. The first-order valence-electron chi connectivity index (χ1n) is 6.07. The van der Waals surface area contributed by atoms with E-state index in [1.807, 2.05) is 18.2 Å². The van der Waals surface area contributed by atoms with Crippen LogP contribution in [0, 0.1) is 0 Å². The molecule has 96 valence electrons. The van der Waals surface area contributed by atoms with Crippen LogP contribution in [0.3, 0.4) is 0 Å². The summed E-state index contributed by atoms with van der Waals surface area (Å²) in [6.45, 7) is 2.08. The van der Waals surface area contributed by atoms with Crippen molar-refractivity contribution in [2.75, 3.05) is 7.11 Å². The van der Waals surface area contributed by atoms with Crippen molar-refractivity contribution < 1.29 is 4.74 Å². The molecule has 0 bridgehead atoms. The van der Waals surface area contributed by atoms with Gasteiger partial charge in [-0.25, -0.2) is 0 Å². The van der Waals surface area contributed by atoms with Crippen LogP contribution in [0.15, 0.2) is 41.8 Å². The molecule has 1 aromatic carbocycles. The van der Waals surface area contributed by atoms with E-state index in [4.69, 9.17) is 10.5 Å². The van der Waals surface area contributed by atoms with Crippen molar-refractivity contribution in [1.82, 2.24) is 0 Å². The Balaban J connectivity index is 2.09. The lowest BCUT2D eigenvalue weighted by Gasteiger charge is -2.25. The molecule has 18 heavy (non-hydrogen) atoms. The fourth-order valence-corrected chi connectivity index (χ4v) is 2.67. The molecule has 2 N–H and O–H groups in total. The van der Waals surface area contributed by atoms with Gasteiger partial charge in [-0.2, -0.15) is 0 Å². The molecule has 0 aliphatic carbocycles. The molecule has 2 aromatic rings. The van der Waals surface area contributed by atoms with Crippen LogP contribution in [0.1, 0.15) is 23.8 Å². The lowest BCUT2D eigenvalue weighted by atomic mass is 9.88. The third-order valence-corrected chi connectivity index (χ3v) is 4.14. The van der Waals surface area contributed by atoms with Crippen LogP contribution in [-0.4, -0.2) is 7.11 Å². The quantitative estimate of drug-likeness (QED) is 0.893. The highest BCUT2D eigenvalue weighted by atomic mass is 32.1. The number of hydrogen-bond donors (Lipinski definition) is 1. The molecule has 0 radical (unpaired) electrons. The maximum atomic E-state index is 6.43. The van der Waals surface area contributed by atoms with Gasteiger partial charge in [-0.05, 0) is 48.9 Å². The summed E-state index contributed by atoms with van der Waals surface area (Å²) in [7, 11) is 1.68. The number of rotatable bonds is 5. The van der Waals surface area contributed by atoms with Gasteiger partial charge in [0.25, 0.3) is 0 Å². The Bertz CT molecular complexity index is 491. The summed E-state index contributed by atoms with van der Waals surface area (Å²) in [5.74, 6) is 0.861. The fraction of sp³-hybridized carbons (Fsp3) is 0.333. The molecular weight excluding hydrogens is 242 g/mol. The first kappa shape index (κ1) is 13.1. The molecule has 0 aliphatic rings. The topological polar surface area (TPSA) is 35.2 Å². The van der Waals surface area contributed by atoms with Gasteiger partial charge < -0.3 is 10.5 Å². The zero-order chi connectivity index (χ0) is 13.0. The number of hydrogen-bond acceptors (Lipinski definition) is 3. The van der Waals surface area contributed by atoms with Gasteiger partial charge in [0.2, 0.25) is 0 Å². The first-order chi connectivity index (χ1) is 8.62. The summed E-state index contributed by atoms with van der Waals surface area (Å²) in [5.41, 5.74) is 7.23. The average Bonchev–Trinajstić information content (AvgIpc) is 2.90. The highest BCUT2D eigenvalue weighted by molar-refractivity contribution is 7.09. The molecule has 2 rings (SSSR count). The SMILES string of the molecule is COc1cccc(C(C)(N)CCc2cccs2)c1. The number of nitrogens with two attached hydrogens (primary N) is 1. The molecule has 1 unspecified atom stereocenters. The van der Waals surface area contributed by atoms with Crippen LogP contribution < -0.4 is 10.5 Å². The van der Waals surface area contributed by atoms with E-state index >= 15 is 0 Å². The second kappa shape index (κ2) is 5.55. The van der Waals surface area contributed by atoms with Gasteiger partial charge in [0.05, 0.1) is 7.11 Å². The van der Waals surface area contributed by atoms with E-state index in [2.05, 4.69) is 30.5 Å². The zero-order valence-corrected chi connectivity index (χ0v) is 11.7. The summed E-state index contributed by atoms with van der Waals surface area (Å²) in [6.07, 6.45) is 1.95. The van der Waals surface area contributed by atoms with E-state index in [0.717, 1.165) is 24.2 Å². The molecule has 1 heterocycles. The lowest BCUT2D eigenvalue weighted by Crippen LogP contribution is -2.33. The van der Waals surface area contributed by atoms with Gasteiger partial charge in [0, 0.05) is 10.4 Å². The number of aryl methyl sites for hydroxylation is 1. The number of thiophene rings is 1. The molecule has 0 saturated carbocycles.